The average molecular weight is 2000 g/mol. The third kappa shape index (κ3) is 43.1. The standard InChI is InChI=1S/C14H26O5.C14H26O4.2C13H25NO4.2C12H23NO4.2C11H21NO4/c1-7(2)5-6-9-11(16)12(17)13(18)14(19-9)10(15)8(3)4;1-7(2)6-10-9(5)18-14(11(15)8(3)4)13(17)12(10)16;2*1-7(2)9(15)5-10-12(16)13(17)11(18-10)6-14-8(3)4;2*1-6(2)9(14)12-11(16)10(15)8(17-12)5-13-7(3)4;2*1-5(2)8(13)10-7(12-6(3)4)9(14)11(15)16-10/h7-9,11-14,16-18H,5-6H2,1-4H3;7-10,12-14,16-17H,6H2,1-5H3;2*7-8,10-14,16-17H,5-6H2,1-4H3;2*6-8,10-13,15-16H,5H2,1-4H3;2*5-7,9-12,14-15H,1-4H3/t9-,11-,12+,13-,14+;9?,10-,12+,13-,14+;10-,11+,12?,13?;10-,11-,12+,13-;8-,10-,11-,12+;8-,10-,11-,12-;7-,9+,10?,11-;7-,9+,10+,11-/m00011100/s1. The highest BCUT2D eigenvalue weighted by Crippen LogP contribution is 2.35. The summed E-state index contributed by atoms with van der Waals surface area (Å²) in [6, 6.07) is 0.246. The maximum absolute atomic E-state index is 12.0. The molecule has 0 aromatic heterocycles. The molecule has 8 aliphatic rings. The number of aliphatic hydroxyl groups excluding tert-OH is 17. The minimum absolute atomic E-state index is 0.0451. The number of carbonyl (C=O) groups excluding carboxylic acids is 8. The molecule has 8 fully saturated rings. The molecule has 8 heterocycles. The molecule has 0 aromatic rings. The Morgan fingerprint density at radius 2 is 0.475 bits per heavy atom. The van der Waals surface area contributed by atoms with E-state index >= 15 is 0 Å². The second kappa shape index (κ2) is 63.7. The van der Waals surface area contributed by atoms with Gasteiger partial charge in [0.15, 0.2) is 47.3 Å². The molecule has 23 N–H and O–H groups in total. The largest absolute Gasteiger partial charge is 0.390 e. The van der Waals surface area contributed by atoms with Crippen LogP contribution in [0.3, 0.4) is 0 Å². The summed E-state index contributed by atoms with van der Waals surface area (Å²) in [6.07, 6.45) is -25.3. The highest BCUT2D eigenvalue weighted by atomic mass is 16.6. The Hall–Kier alpha value is -3.88. The summed E-state index contributed by atoms with van der Waals surface area (Å²) in [5.41, 5.74) is 0. The number of ketones is 8. The Morgan fingerprint density at radius 3 is 0.734 bits per heavy atom. The van der Waals surface area contributed by atoms with E-state index in [1.807, 2.05) is 118 Å². The van der Waals surface area contributed by atoms with Crippen molar-refractivity contribution in [3.05, 3.63) is 0 Å². The maximum Gasteiger partial charge on any atom is 0.183 e. The maximum atomic E-state index is 12.0. The van der Waals surface area contributed by atoms with E-state index < -0.39 is 196 Å². The van der Waals surface area contributed by atoms with Gasteiger partial charge in [-0.1, -0.05) is 222 Å². The van der Waals surface area contributed by atoms with Crippen molar-refractivity contribution in [1.29, 1.82) is 0 Å². The molecule has 0 spiro atoms. The first kappa shape index (κ1) is 133. The van der Waals surface area contributed by atoms with Crippen LogP contribution in [0.2, 0.25) is 0 Å². The molecule has 0 aromatic carbocycles. The molecule has 4 unspecified atom stereocenters. The van der Waals surface area contributed by atoms with E-state index in [9.17, 15) is 125 Å². The van der Waals surface area contributed by atoms with Gasteiger partial charge < -0.3 is 157 Å². The zero-order valence-corrected chi connectivity index (χ0v) is 89.4. The highest BCUT2D eigenvalue weighted by molar-refractivity contribution is 5.88. The fraction of sp³-hybridized carbons (Fsp3) is 0.920. The van der Waals surface area contributed by atoms with E-state index in [1.54, 1.807) is 83.1 Å². The molecule has 818 valence electrons. The van der Waals surface area contributed by atoms with Crippen LogP contribution >= 0.6 is 0 Å². The van der Waals surface area contributed by atoms with Gasteiger partial charge in [-0.05, 0) is 38.0 Å². The Bertz CT molecular complexity index is 3360. The molecule has 0 amide bonds. The van der Waals surface area contributed by atoms with Gasteiger partial charge >= 0.3 is 0 Å². The SMILES string of the molecule is CC(C)CC[C@@H]1O[C@H](C(=O)C(C)C)[C@@H](O)[C@H](O)[C@H]1O.CC(C)C[C@H]1C(C)O[C@H](C(=O)C(C)C)[C@@H](O)[C@@H]1O.CC(C)NC[C@H]1O[C@@H](C(=O)C(C)C)[C@H](O)[C@@H]1O.CC(C)NC[C@H]1O[C@@H](CC(=O)C(C)C)C(O)C1O.CC(C)NC[C@H]1O[C@H](C(=O)C(C)C)[C@H](O)[C@@H]1O.CC(C)NC[C@H]1O[C@H](CC(=O)C(C)C)[C@H](O)[C@@H]1O.CC(C)N[C@@H]1C(C(=O)C(C)C)O[C@H](O)[C@@H]1O.CC(C)N[C@H]1[C@@H](O)[C@@H](O)O[C@H]1C(=O)C(C)C. The van der Waals surface area contributed by atoms with E-state index in [4.69, 9.17) is 37.9 Å². The van der Waals surface area contributed by atoms with E-state index in [-0.39, 0.29) is 155 Å². The van der Waals surface area contributed by atoms with Crippen molar-refractivity contribution in [1.82, 2.24) is 31.9 Å². The van der Waals surface area contributed by atoms with Crippen LogP contribution in [0.4, 0.5) is 0 Å². The first-order chi connectivity index (χ1) is 64.0. The van der Waals surface area contributed by atoms with Gasteiger partial charge in [0.25, 0.3) is 0 Å². The number of rotatable bonds is 39. The van der Waals surface area contributed by atoms with Crippen molar-refractivity contribution < 1.29 is 163 Å². The summed E-state index contributed by atoms with van der Waals surface area (Å²) < 4.78 is 43.4. The lowest BCUT2D eigenvalue weighted by Crippen LogP contribution is -2.60. The first-order valence-corrected chi connectivity index (χ1v) is 50.6. The van der Waals surface area contributed by atoms with Crippen LogP contribution in [0.5, 0.6) is 0 Å². The third-order valence-electron chi connectivity index (χ3n) is 24.9. The number of aliphatic hydroxyl groups is 17. The third-order valence-corrected chi connectivity index (χ3v) is 24.9. The summed E-state index contributed by atoms with van der Waals surface area (Å²) in [4.78, 5) is 94.4. The predicted molar refractivity (Wildman–Crippen MR) is 521 cm³/mol. The molecule has 0 radical (unpaired) electrons. The summed E-state index contributed by atoms with van der Waals surface area (Å²) >= 11 is 0. The van der Waals surface area contributed by atoms with Gasteiger partial charge in [-0.15, -0.1) is 0 Å². The number of hydrogen-bond acceptors (Lipinski definition) is 39. The normalized spacial score (nSPS) is 34.4. The minimum atomic E-state index is -1.36. The fourth-order valence-electron chi connectivity index (χ4n) is 16.0. The lowest BCUT2D eigenvalue weighted by molar-refractivity contribution is -0.222. The van der Waals surface area contributed by atoms with Gasteiger partial charge in [0.2, 0.25) is 0 Å². The van der Waals surface area contributed by atoms with Gasteiger partial charge in [-0.25, -0.2) is 0 Å². The van der Waals surface area contributed by atoms with E-state index in [1.165, 1.54) is 0 Å². The summed E-state index contributed by atoms with van der Waals surface area (Å²) in [5, 5.41) is 185. The second-order valence-electron chi connectivity index (χ2n) is 43.4. The number of nitrogens with one attached hydrogen (secondary N) is 6. The summed E-state index contributed by atoms with van der Waals surface area (Å²) in [6.45, 7) is 63.8. The molecule has 8 aliphatic heterocycles. The molecule has 8 saturated heterocycles. The molecular formula is C100H190N6O33. The predicted octanol–water partition coefficient (Wildman–Crippen LogP) is 0.768. The van der Waals surface area contributed by atoms with Crippen LogP contribution in [-0.4, -0.2) is 397 Å². The fourth-order valence-corrected chi connectivity index (χ4v) is 16.0. The lowest BCUT2D eigenvalue weighted by Gasteiger charge is -2.42. The molecule has 0 saturated carbocycles. The molecule has 8 rings (SSSR count). The van der Waals surface area contributed by atoms with Crippen molar-refractivity contribution in [3.8, 4) is 0 Å². The Kier molecular flexibility index (Phi) is 61.0. The van der Waals surface area contributed by atoms with Crippen LogP contribution in [0, 0.1) is 65.1 Å². The quantitative estimate of drug-likeness (QED) is 0.0404. The van der Waals surface area contributed by atoms with Gasteiger partial charge in [0.1, 0.15) is 134 Å². The van der Waals surface area contributed by atoms with E-state index in [0.717, 1.165) is 12.8 Å². The van der Waals surface area contributed by atoms with Crippen LogP contribution in [0.25, 0.3) is 0 Å². The smallest absolute Gasteiger partial charge is 0.183 e. The zero-order valence-electron chi connectivity index (χ0n) is 89.4. The molecule has 39 nitrogen and oxygen atoms in total. The molecular weight excluding hydrogens is 1810 g/mol. The zero-order chi connectivity index (χ0) is 108. The monoisotopic (exact) mass is 2000 g/mol. The number of carbonyl (C=O) groups is 8. The van der Waals surface area contributed by atoms with Crippen LogP contribution in [0.1, 0.15) is 261 Å². The number of hydrogen-bond donors (Lipinski definition) is 23. The summed E-state index contributed by atoms with van der Waals surface area (Å²) in [5.74, 6) is -1.51. The van der Waals surface area contributed by atoms with Crippen molar-refractivity contribution in [2.75, 3.05) is 26.2 Å². The van der Waals surface area contributed by atoms with Crippen molar-refractivity contribution in [2.24, 2.45) is 65.1 Å². The van der Waals surface area contributed by atoms with Gasteiger partial charge in [-0.3, -0.25) is 38.4 Å². The Balaban J connectivity index is 0.000000795. The highest BCUT2D eigenvalue weighted by Gasteiger charge is 2.54. The number of Topliss-reactive ketones (excluding diaryl/α,β-unsaturated/α-hetero) is 8. The minimum Gasteiger partial charge on any atom is -0.390 e. The second-order valence-corrected chi connectivity index (χ2v) is 43.4. The van der Waals surface area contributed by atoms with Gasteiger partial charge in [-0.2, -0.15) is 0 Å². The molecule has 0 bridgehead atoms. The van der Waals surface area contributed by atoms with Gasteiger partial charge in [0, 0.05) is 129 Å². The van der Waals surface area contributed by atoms with Crippen LogP contribution in [-0.2, 0) is 76.3 Å². The molecule has 34 atom stereocenters. The van der Waals surface area contributed by atoms with Crippen LogP contribution < -0.4 is 31.9 Å². The topological polar surface area (TPSA) is 626 Å². The number of ether oxygens (including phenoxy) is 8. The van der Waals surface area contributed by atoms with Crippen LogP contribution in [0.15, 0.2) is 0 Å². The Morgan fingerprint density at radius 1 is 0.237 bits per heavy atom. The van der Waals surface area contributed by atoms with Gasteiger partial charge in [0.05, 0.1) is 67.0 Å². The Labute approximate surface area is 827 Å². The van der Waals surface area contributed by atoms with E-state index in [2.05, 4.69) is 59.6 Å². The van der Waals surface area contributed by atoms with Crippen molar-refractivity contribution in [3.63, 3.8) is 0 Å². The molecule has 0 aliphatic carbocycles. The van der Waals surface area contributed by atoms with Crippen molar-refractivity contribution in [2.45, 2.75) is 499 Å². The van der Waals surface area contributed by atoms with E-state index in [0.29, 0.717) is 44.4 Å². The van der Waals surface area contributed by atoms with Crippen molar-refractivity contribution >= 4 is 46.3 Å². The molecule has 39 heteroatoms. The average Bonchev–Trinajstić information content (AvgIpc) is 1.60. The molecule has 139 heavy (non-hydrogen) atoms. The summed E-state index contributed by atoms with van der Waals surface area (Å²) in [7, 11) is 0. The lowest BCUT2D eigenvalue weighted by atomic mass is 9.80. The first-order valence-electron chi connectivity index (χ1n) is 50.6.